The third kappa shape index (κ3) is 9.59. The van der Waals surface area contributed by atoms with Crippen LogP contribution >= 0.6 is 0 Å². The summed E-state index contributed by atoms with van der Waals surface area (Å²) in [5.41, 5.74) is 0.393. The van der Waals surface area contributed by atoms with Gasteiger partial charge in [0, 0.05) is 12.5 Å². The summed E-state index contributed by atoms with van der Waals surface area (Å²) in [6.07, 6.45) is 0.229. The van der Waals surface area contributed by atoms with Crippen molar-refractivity contribution in [2.24, 2.45) is 11.8 Å². The molecular weight excluding hydrogens is 520 g/mol. The van der Waals surface area contributed by atoms with Crippen LogP contribution in [-0.4, -0.2) is 52.9 Å². The van der Waals surface area contributed by atoms with Crippen molar-refractivity contribution >= 4 is 18.0 Å². The van der Waals surface area contributed by atoms with Crippen LogP contribution in [0.1, 0.15) is 72.4 Å². The molecule has 0 aliphatic carbocycles. The Bertz CT molecular complexity index is 1140. The standard InChI is InChI=1S/C33H46N2O6/c1-23(2)26(30(37)34-19-18-29(36)39-22-25-16-12-9-13-17-25)21-28-27(20-24-14-10-8-11-15-24)35(33(6,7)40-28)31(38)41-32(3,4)5/h8-17,23,26-28H,18-22H2,1-7H3,(H,34,37)/t26-,27-,28-/m0/s1. The summed E-state index contributed by atoms with van der Waals surface area (Å²) in [5, 5.41) is 2.92. The highest BCUT2D eigenvalue weighted by molar-refractivity contribution is 5.79. The van der Waals surface area contributed by atoms with Gasteiger partial charge in [-0.1, -0.05) is 74.5 Å². The summed E-state index contributed by atoms with van der Waals surface area (Å²) < 4.78 is 17.6. The van der Waals surface area contributed by atoms with Crippen LogP contribution in [0.3, 0.4) is 0 Å². The van der Waals surface area contributed by atoms with Gasteiger partial charge in [-0.15, -0.1) is 0 Å². The highest BCUT2D eigenvalue weighted by Gasteiger charge is 2.52. The van der Waals surface area contributed by atoms with Crippen LogP contribution in [0.25, 0.3) is 0 Å². The number of rotatable bonds is 11. The van der Waals surface area contributed by atoms with Crippen molar-refractivity contribution in [2.45, 2.75) is 97.8 Å². The summed E-state index contributed by atoms with van der Waals surface area (Å²) in [4.78, 5) is 40.7. The predicted molar refractivity (Wildman–Crippen MR) is 158 cm³/mol. The van der Waals surface area contributed by atoms with Gasteiger partial charge in [-0.05, 0) is 64.5 Å². The second-order valence-electron chi connectivity index (χ2n) is 12.5. The van der Waals surface area contributed by atoms with Gasteiger partial charge in [0.15, 0.2) is 0 Å². The molecule has 41 heavy (non-hydrogen) atoms. The molecule has 3 rings (SSSR count). The van der Waals surface area contributed by atoms with Crippen LogP contribution in [0.4, 0.5) is 4.79 Å². The zero-order chi connectivity index (χ0) is 30.2. The van der Waals surface area contributed by atoms with E-state index in [9.17, 15) is 14.4 Å². The SMILES string of the molecule is CC(C)[C@H](C[C@@H]1OC(C)(C)N(C(=O)OC(C)(C)C)[C@H]1Cc1ccccc1)C(=O)NCCC(=O)OCc1ccccc1. The fraction of sp³-hybridized carbons (Fsp3) is 0.545. The summed E-state index contributed by atoms with van der Waals surface area (Å²) in [7, 11) is 0. The lowest BCUT2D eigenvalue weighted by molar-refractivity contribution is -0.145. The smallest absolute Gasteiger partial charge is 0.412 e. The molecule has 1 aliphatic heterocycles. The first-order valence-electron chi connectivity index (χ1n) is 14.5. The fourth-order valence-electron chi connectivity index (χ4n) is 5.18. The maximum absolute atomic E-state index is 13.4. The fourth-order valence-corrected chi connectivity index (χ4v) is 5.18. The van der Waals surface area contributed by atoms with E-state index in [0.717, 1.165) is 11.1 Å². The third-order valence-electron chi connectivity index (χ3n) is 7.16. The highest BCUT2D eigenvalue weighted by Crippen LogP contribution is 2.39. The summed E-state index contributed by atoms with van der Waals surface area (Å²) in [6, 6.07) is 19.1. The van der Waals surface area contributed by atoms with E-state index in [2.05, 4.69) is 5.32 Å². The van der Waals surface area contributed by atoms with Crippen molar-refractivity contribution in [1.82, 2.24) is 10.2 Å². The Balaban J connectivity index is 1.68. The number of carbonyl (C=O) groups is 3. The van der Waals surface area contributed by atoms with Gasteiger partial charge in [0.25, 0.3) is 0 Å². The molecular formula is C33H46N2O6. The van der Waals surface area contributed by atoms with Crippen molar-refractivity contribution in [3.8, 4) is 0 Å². The average molecular weight is 567 g/mol. The predicted octanol–water partition coefficient (Wildman–Crippen LogP) is 5.88. The Labute approximate surface area is 244 Å². The number of hydrogen-bond donors (Lipinski definition) is 1. The average Bonchev–Trinajstić information content (AvgIpc) is 3.14. The number of ether oxygens (including phenoxy) is 3. The maximum Gasteiger partial charge on any atom is 0.412 e. The summed E-state index contributed by atoms with van der Waals surface area (Å²) >= 11 is 0. The molecule has 1 saturated heterocycles. The molecule has 2 amide bonds. The van der Waals surface area contributed by atoms with E-state index in [1.807, 2.05) is 109 Å². The van der Waals surface area contributed by atoms with Gasteiger partial charge in [0.2, 0.25) is 5.91 Å². The van der Waals surface area contributed by atoms with Gasteiger partial charge in [-0.25, -0.2) is 4.79 Å². The van der Waals surface area contributed by atoms with Crippen LogP contribution in [-0.2, 0) is 36.8 Å². The molecule has 1 heterocycles. The number of nitrogens with zero attached hydrogens (tertiary/aromatic N) is 1. The van der Waals surface area contributed by atoms with Crippen LogP contribution in [0.15, 0.2) is 60.7 Å². The molecule has 0 bridgehead atoms. The molecule has 1 fully saturated rings. The molecule has 1 aliphatic rings. The van der Waals surface area contributed by atoms with Gasteiger partial charge < -0.3 is 19.5 Å². The minimum atomic E-state index is -0.924. The first-order chi connectivity index (χ1) is 19.3. The van der Waals surface area contributed by atoms with E-state index in [0.29, 0.717) is 12.8 Å². The zero-order valence-electron chi connectivity index (χ0n) is 25.5. The Morgan fingerprint density at radius 1 is 0.976 bits per heavy atom. The highest BCUT2D eigenvalue weighted by atomic mass is 16.6. The molecule has 0 saturated carbocycles. The van der Waals surface area contributed by atoms with Crippen LogP contribution in [0.2, 0.25) is 0 Å². The van der Waals surface area contributed by atoms with Crippen LogP contribution < -0.4 is 5.32 Å². The summed E-state index contributed by atoms with van der Waals surface area (Å²) in [6.45, 7) is 13.6. The molecule has 224 valence electrons. The first kappa shape index (κ1) is 32.1. The minimum Gasteiger partial charge on any atom is -0.461 e. The van der Waals surface area contributed by atoms with Gasteiger partial charge in [0.05, 0.1) is 18.6 Å². The zero-order valence-corrected chi connectivity index (χ0v) is 25.5. The molecule has 0 spiro atoms. The van der Waals surface area contributed by atoms with Gasteiger partial charge in [-0.3, -0.25) is 14.5 Å². The molecule has 0 aromatic heterocycles. The lowest BCUT2D eigenvalue weighted by Crippen LogP contribution is -2.51. The number of esters is 1. The Kier molecular flexibility index (Phi) is 11.0. The molecule has 1 N–H and O–H groups in total. The molecule has 8 nitrogen and oxygen atoms in total. The Morgan fingerprint density at radius 3 is 2.12 bits per heavy atom. The van der Waals surface area contributed by atoms with Gasteiger partial charge >= 0.3 is 12.1 Å². The van der Waals surface area contributed by atoms with Crippen molar-refractivity contribution in [3.05, 3.63) is 71.8 Å². The van der Waals surface area contributed by atoms with Crippen molar-refractivity contribution in [1.29, 1.82) is 0 Å². The number of amides is 2. The number of hydrogen-bond acceptors (Lipinski definition) is 6. The molecule has 2 aromatic carbocycles. The van der Waals surface area contributed by atoms with Crippen molar-refractivity contribution in [3.63, 3.8) is 0 Å². The van der Waals surface area contributed by atoms with E-state index in [-0.39, 0.29) is 49.3 Å². The molecule has 3 atom stereocenters. The second kappa shape index (κ2) is 14.0. The monoisotopic (exact) mass is 566 g/mol. The quantitative estimate of drug-likeness (QED) is 0.341. The van der Waals surface area contributed by atoms with E-state index in [1.165, 1.54) is 0 Å². The normalized spacial score (nSPS) is 19.1. The lowest BCUT2D eigenvalue weighted by Gasteiger charge is -2.35. The third-order valence-corrected chi connectivity index (χ3v) is 7.16. The maximum atomic E-state index is 13.4. The van der Waals surface area contributed by atoms with E-state index in [4.69, 9.17) is 14.2 Å². The molecule has 0 unspecified atom stereocenters. The molecule has 8 heteroatoms. The lowest BCUT2D eigenvalue weighted by atomic mass is 9.86. The minimum absolute atomic E-state index is 0.0136. The van der Waals surface area contributed by atoms with Crippen LogP contribution in [0.5, 0.6) is 0 Å². The Hall–Kier alpha value is -3.39. The number of nitrogens with one attached hydrogen (secondary N) is 1. The number of carbonyl (C=O) groups excluding carboxylic acids is 3. The molecule has 2 aromatic rings. The Morgan fingerprint density at radius 2 is 1.56 bits per heavy atom. The van der Waals surface area contributed by atoms with Crippen molar-refractivity contribution < 1.29 is 28.6 Å². The summed E-state index contributed by atoms with van der Waals surface area (Å²) in [5.74, 6) is -0.883. The van der Waals surface area contributed by atoms with E-state index >= 15 is 0 Å². The molecule has 0 radical (unpaired) electrons. The van der Waals surface area contributed by atoms with Gasteiger partial charge in [0.1, 0.15) is 17.9 Å². The first-order valence-corrected chi connectivity index (χ1v) is 14.5. The van der Waals surface area contributed by atoms with Crippen LogP contribution in [0, 0.1) is 11.8 Å². The van der Waals surface area contributed by atoms with Gasteiger partial charge in [-0.2, -0.15) is 0 Å². The van der Waals surface area contributed by atoms with E-state index in [1.54, 1.807) is 4.90 Å². The topological polar surface area (TPSA) is 94.2 Å². The second-order valence-corrected chi connectivity index (χ2v) is 12.5. The largest absolute Gasteiger partial charge is 0.461 e. The number of benzene rings is 2. The van der Waals surface area contributed by atoms with E-state index < -0.39 is 23.5 Å². The van der Waals surface area contributed by atoms with Crippen molar-refractivity contribution in [2.75, 3.05) is 6.54 Å².